The summed E-state index contributed by atoms with van der Waals surface area (Å²) in [5, 5.41) is 9.51. The Morgan fingerprint density at radius 2 is 1.50 bits per heavy atom. The standard InChI is InChI=1S/C23H40O3/c1-3-5-6-7-8-9-10-11-12-13-14-15-16-17-18-20-23(25)26-21-22(24)19-4-2/h5-6,8-9,11-12,22,24H,3-4,7,10,13-21H2,1-2H3/b6-5-,9-8-,12-11-. The lowest BCUT2D eigenvalue weighted by molar-refractivity contribution is -0.146. The molecule has 150 valence electrons. The highest BCUT2D eigenvalue weighted by Gasteiger charge is 2.07. The summed E-state index contributed by atoms with van der Waals surface area (Å²) < 4.78 is 5.07. The summed E-state index contributed by atoms with van der Waals surface area (Å²) in [5.74, 6) is -0.179. The van der Waals surface area contributed by atoms with Crippen LogP contribution in [0.2, 0.25) is 0 Å². The van der Waals surface area contributed by atoms with Crippen LogP contribution in [0.5, 0.6) is 0 Å². The third kappa shape index (κ3) is 19.0. The van der Waals surface area contributed by atoms with Gasteiger partial charge in [0.2, 0.25) is 0 Å². The van der Waals surface area contributed by atoms with Crippen molar-refractivity contribution >= 4 is 5.97 Å². The van der Waals surface area contributed by atoms with Gasteiger partial charge in [-0.1, -0.05) is 76.0 Å². The third-order valence-corrected chi connectivity index (χ3v) is 4.09. The molecule has 0 aliphatic heterocycles. The van der Waals surface area contributed by atoms with Gasteiger partial charge in [0.25, 0.3) is 0 Å². The fraction of sp³-hybridized carbons (Fsp3) is 0.696. The Kier molecular flexibility index (Phi) is 18.9. The van der Waals surface area contributed by atoms with Crippen molar-refractivity contribution in [1.82, 2.24) is 0 Å². The van der Waals surface area contributed by atoms with E-state index in [4.69, 9.17) is 4.74 Å². The van der Waals surface area contributed by atoms with Gasteiger partial charge < -0.3 is 9.84 Å². The molecule has 0 aliphatic carbocycles. The molecule has 0 heterocycles. The Hall–Kier alpha value is -1.35. The molecule has 0 saturated carbocycles. The largest absolute Gasteiger partial charge is 0.463 e. The first-order valence-electron chi connectivity index (χ1n) is 10.5. The highest BCUT2D eigenvalue weighted by atomic mass is 16.5. The van der Waals surface area contributed by atoms with Crippen LogP contribution in [0.1, 0.15) is 90.9 Å². The Morgan fingerprint density at radius 3 is 2.19 bits per heavy atom. The number of aliphatic hydroxyl groups excluding tert-OH is 1. The molecule has 3 nitrogen and oxygen atoms in total. The maximum Gasteiger partial charge on any atom is 0.305 e. The number of allylic oxidation sites excluding steroid dienone is 6. The average Bonchev–Trinajstić information content (AvgIpc) is 2.63. The Labute approximate surface area is 161 Å². The van der Waals surface area contributed by atoms with Crippen LogP contribution in [0.3, 0.4) is 0 Å². The van der Waals surface area contributed by atoms with Crippen LogP contribution in [0, 0.1) is 0 Å². The van der Waals surface area contributed by atoms with Crippen molar-refractivity contribution in [3.63, 3.8) is 0 Å². The van der Waals surface area contributed by atoms with E-state index in [2.05, 4.69) is 43.4 Å². The molecule has 0 rings (SSSR count). The number of ether oxygens (including phenoxy) is 1. The van der Waals surface area contributed by atoms with Gasteiger partial charge in [0.15, 0.2) is 0 Å². The molecular formula is C23H40O3. The molecule has 0 aliphatic rings. The van der Waals surface area contributed by atoms with Gasteiger partial charge in [-0.2, -0.15) is 0 Å². The number of unbranched alkanes of at least 4 members (excludes halogenated alkanes) is 5. The number of aliphatic hydroxyl groups is 1. The summed E-state index contributed by atoms with van der Waals surface area (Å²) in [5.41, 5.74) is 0. The monoisotopic (exact) mass is 364 g/mol. The van der Waals surface area contributed by atoms with Crippen molar-refractivity contribution in [2.45, 2.75) is 97.0 Å². The van der Waals surface area contributed by atoms with E-state index >= 15 is 0 Å². The average molecular weight is 365 g/mol. The molecule has 0 aromatic rings. The fourth-order valence-electron chi connectivity index (χ4n) is 2.57. The molecule has 1 N–H and O–H groups in total. The molecule has 0 aromatic heterocycles. The van der Waals surface area contributed by atoms with Gasteiger partial charge in [-0.05, 0) is 44.9 Å². The maximum atomic E-state index is 11.5. The van der Waals surface area contributed by atoms with E-state index in [1.807, 2.05) is 6.92 Å². The zero-order chi connectivity index (χ0) is 19.3. The zero-order valence-electron chi connectivity index (χ0n) is 17.0. The van der Waals surface area contributed by atoms with E-state index in [0.717, 1.165) is 44.9 Å². The molecule has 1 atom stereocenters. The molecule has 0 bridgehead atoms. The topological polar surface area (TPSA) is 46.5 Å². The molecule has 0 radical (unpaired) electrons. The van der Waals surface area contributed by atoms with E-state index in [1.165, 1.54) is 19.3 Å². The quantitative estimate of drug-likeness (QED) is 0.188. The van der Waals surface area contributed by atoms with Crippen LogP contribution >= 0.6 is 0 Å². The number of carbonyl (C=O) groups is 1. The number of hydrogen-bond donors (Lipinski definition) is 1. The van der Waals surface area contributed by atoms with Crippen molar-refractivity contribution in [3.05, 3.63) is 36.5 Å². The van der Waals surface area contributed by atoms with Gasteiger partial charge in [0.05, 0.1) is 6.10 Å². The second-order valence-electron chi connectivity index (χ2n) is 6.73. The smallest absolute Gasteiger partial charge is 0.305 e. The lowest BCUT2D eigenvalue weighted by Crippen LogP contribution is -2.18. The van der Waals surface area contributed by atoms with Gasteiger partial charge in [-0.25, -0.2) is 0 Å². The van der Waals surface area contributed by atoms with E-state index in [9.17, 15) is 9.90 Å². The molecule has 0 spiro atoms. The van der Waals surface area contributed by atoms with Crippen LogP contribution in [-0.4, -0.2) is 23.8 Å². The predicted octanol–water partition coefficient (Wildman–Crippen LogP) is 6.28. The molecule has 0 amide bonds. The van der Waals surface area contributed by atoms with Crippen molar-refractivity contribution in [2.24, 2.45) is 0 Å². The predicted molar refractivity (Wildman–Crippen MR) is 111 cm³/mol. The van der Waals surface area contributed by atoms with Crippen LogP contribution < -0.4 is 0 Å². The van der Waals surface area contributed by atoms with Crippen LogP contribution in [-0.2, 0) is 9.53 Å². The van der Waals surface area contributed by atoms with Crippen LogP contribution in [0.15, 0.2) is 36.5 Å². The first kappa shape index (κ1) is 24.7. The second kappa shape index (κ2) is 20.0. The summed E-state index contributed by atoms with van der Waals surface area (Å²) in [4.78, 5) is 11.5. The molecule has 0 fully saturated rings. The maximum absolute atomic E-state index is 11.5. The van der Waals surface area contributed by atoms with Gasteiger partial charge in [-0.3, -0.25) is 4.79 Å². The van der Waals surface area contributed by atoms with E-state index in [0.29, 0.717) is 12.8 Å². The minimum Gasteiger partial charge on any atom is -0.463 e. The van der Waals surface area contributed by atoms with Crippen molar-refractivity contribution in [2.75, 3.05) is 6.61 Å². The number of esters is 1. The minimum absolute atomic E-state index is 0.142. The van der Waals surface area contributed by atoms with Gasteiger partial charge in [0, 0.05) is 6.42 Å². The fourth-order valence-corrected chi connectivity index (χ4v) is 2.57. The first-order valence-corrected chi connectivity index (χ1v) is 10.5. The van der Waals surface area contributed by atoms with E-state index in [1.54, 1.807) is 0 Å². The number of hydrogen-bond acceptors (Lipinski definition) is 3. The Balaban J connectivity index is 3.36. The summed E-state index contributed by atoms with van der Waals surface area (Å²) in [7, 11) is 0. The molecule has 0 aromatic carbocycles. The highest BCUT2D eigenvalue weighted by molar-refractivity contribution is 5.69. The normalized spacial score (nSPS) is 13.2. The van der Waals surface area contributed by atoms with E-state index < -0.39 is 6.10 Å². The first-order chi connectivity index (χ1) is 12.7. The van der Waals surface area contributed by atoms with Crippen molar-refractivity contribution in [1.29, 1.82) is 0 Å². The molecule has 1 unspecified atom stereocenters. The van der Waals surface area contributed by atoms with Gasteiger partial charge in [-0.15, -0.1) is 0 Å². The van der Waals surface area contributed by atoms with Crippen LogP contribution in [0.4, 0.5) is 0 Å². The summed E-state index contributed by atoms with van der Waals surface area (Å²) in [6, 6.07) is 0. The van der Waals surface area contributed by atoms with Crippen molar-refractivity contribution in [3.8, 4) is 0 Å². The highest BCUT2D eigenvalue weighted by Crippen LogP contribution is 2.09. The number of rotatable bonds is 17. The lowest BCUT2D eigenvalue weighted by Gasteiger charge is -2.09. The lowest BCUT2D eigenvalue weighted by atomic mass is 10.1. The summed E-state index contributed by atoms with van der Waals surface area (Å²) in [6.07, 6.45) is 24.8. The number of carbonyl (C=O) groups excluding carboxylic acids is 1. The van der Waals surface area contributed by atoms with Gasteiger partial charge in [0.1, 0.15) is 6.61 Å². The minimum atomic E-state index is -0.509. The van der Waals surface area contributed by atoms with Crippen molar-refractivity contribution < 1.29 is 14.6 Å². The van der Waals surface area contributed by atoms with E-state index in [-0.39, 0.29) is 12.6 Å². The summed E-state index contributed by atoms with van der Waals surface area (Å²) in [6.45, 7) is 4.30. The van der Waals surface area contributed by atoms with Crippen LogP contribution in [0.25, 0.3) is 0 Å². The second-order valence-corrected chi connectivity index (χ2v) is 6.73. The molecule has 0 saturated heterocycles. The molecule has 3 heteroatoms. The third-order valence-electron chi connectivity index (χ3n) is 4.09. The summed E-state index contributed by atoms with van der Waals surface area (Å²) >= 11 is 0. The van der Waals surface area contributed by atoms with Gasteiger partial charge >= 0.3 is 5.97 Å². The SMILES string of the molecule is CC/C=C\C/C=C\C/C=C\CCCCCCCC(=O)OCC(O)CCC. The Morgan fingerprint density at radius 1 is 0.885 bits per heavy atom. The Bertz CT molecular complexity index is 396. The molecular weight excluding hydrogens is 324 g/mol. The molecule has 26 heavy (non-hydrogen) atoms. The zero-order valence-corrected chi connectivity index (χ0v) is 17.0.